The molecule has 1 unspecified atom stereocenters. The number of nitrogens with one attached hydrogen (secondary N) is 1. The molecule has 0 aliphatic carbocycles. The van der Waals surface area contributed by atoms with Crippen LogP contribution in [0.15, 0.2) is 57.7 Å². The number of halogens is 1. The molecule has 0 saturated carbocycles. The molecule has 0 fully saturated rings. The second kappa shape index (κ2) is 9.53. The van der Waals surface area contributed by atoms with E-state index in [1.807, 2.05) is 30.3 Å². The molecule has 3 rings (SSSR count). The summed E-state index contributed by atoms with van der Waals surface area (Å²) in [6.07, 6.45) is 1.51. The Kier molecular flexibility index (Phi) is 7.09. The number of hydrogen-bond acceptors (Lipinski definition) is 3. The normalized spacial score (nSPS) is 12.6. The SMILES string of the molecule is CC(C)C(NCCC[As])c1oc2cc(F)ccc2c(=O)c1Cc1ccccc1. The van der Waals surface area contributed by atoms with Crippen LogP contribution < -0.4 is 10.7 Å². The van der Waals surface area contributed by atoms with Crippen molar-refractivity contribution in [3.63, 3.8) is 0 Å². The third-order valence-electron chi connectivity index (χ3n) is 4.85. The number of rotatable bonds is 8. The van der Waals surface area contributed by atoms with Crippen LogP contribution in [0.3, 0.4) is 0 Å². The molecule has 0 spiro atoms. The van der Waals surface area contributed by atoms with Gasteiger partial charge in [0.25, 0.3) is 0 Å². The first-order chi connectivity index (χ1) is 13.5. The van der Waals surface area contributed by atoms with Crippen LogP contribution in [0, 0.1) is 11.7 Å². The topological polar surface area (TPSA) is 42.2 Å². The molecule has 2 radical (unpaired) electrons. The molecule has 5 heteroatoms. The summed E-state index contributed by atoms with van der Waals surface area (Å²) < 4.78 is 20.0. The predicted octanol–water partition coefficient (Wildman–Crippen LogP) is 4.79. The third-order valence-corrected chi connectivity index (χ3v) is 5.52. The van der Waals surface area contributed by atoms with Crippen LogP contribution in [0.4, 0.5) is 4.39 Å². The summed E-state index contributed by atoms with van der Waals surface area (Å²) in [6.45, 7) is 5.02. The Hall–Kier alpha value is -1.90. The first kappa shape index (κ1) is 20.8. The molecule has 0 saturated heterocycles. The molecule has 1 N–H and O–H groups in total. The van der Waals surface area contributed by atoms with Gasteiger partial charge in [0, 0.05) is 0 Å². The van der Waals surface area contributed by atoms with Crippen LogP contribution in [0.5, 0.6) is 0 Å². The van der Waals surface area contributed by atoms with Gasteiger partial charge in [-0.2, -0.15) is 0 Å². The molecule has 2 aromatic carbocycles. The Balaban J connectivity index is 2.16. The van der Waals surface area contributed by atoms with Crippen molar-refractivity contribution in [2.45, 2.75) is 37.9 Å². The van der Waals surface area contributed by atoms with Crippen molar-refractivity contribution in [2.24, 2.45) is 5.92 Å². The summed E-state index contributed by atoms with van der Waals surface area (Å²) in [7, 11) is 0. The summed E-state index contributed by atoms with van der Waals surface area (Å²) in [5.41, 5.74) is 1.91. The van der Waals surface area contributed by atoms with Gasteiger partial charge in [-0.3, -0.25) is 0 Å². The predicted molar refractivity (Wildman–Crippen MR) is 112 cm³/mol. The van der Waals surface area contributed by atoms with E-state index < -0.39 is 5.82 Å². The van der Waals surface area contributed by atoms with Crippen LogP contribution in [0.25, 0.3) is 11.0 Å². The molecule has 3 aromatic rings. The molecule has 0 bridgehead atoms. The van der Waals surface area contributed by atoms with Crippen molar-refractivity contribution in [3.8, 4) is 0 Å². The fraction of sp³-hybridized carbons (Fsp3) is 0.348. The average Bonchev–Trinajstić information content (AvgIpc) is 2.68. The van der Waals surface area contributed by atoms with Crippen molar-refractivity contribution in [3.05, 3.63) is 81.5 Å². The quantitative estimate of drug-likeness (QED) is 0.404. The molecule has 1 aromatic heterocycles. The Bertz CT molecular complexity index is 985. The fourth-order valence-electron chi connectivity index (χ4n) is 3.41. The van der Waals surface area contributed by atoms with Crippen molar-refractivity contribution in [2.75, 3.05) is 6.54 Å². The Morgan fingerprint density at radius 1 is 1.14 bits per heavy atom. The van der Waals surface area contributed by atoms with E-state index in [1.54, 1.807) is 0 Å². The second-order valence-corrected chi connectivity index (χ2v) is 8.27. The van der Waals surface area contributed by atoms with Crippen molar-refractivity contribution in [1.29, 1.82) is 0 Å². The molecule has 1 atom stereocenters. The maximum absolute atomic E-state index is 13.8. The van der Waals surface area contributed by atoms with Gasteiger partial charge in [-0.25, -0.2) is 0 Å². The zero-order valence-corrected chi connectivity index (χ0v) is 18.1. The third kappa shape index (κ3) is 4.74. The summed E-state index contributed by atoms with van der Waals surface area (Å²) >= 11 is 2.58. The Labute approximate surface area is 173 Å². The monoisotopic (exact) mass is 441 g/mol. The van der Waals surface area contributed by atoms with E-state index in [0.717, 1.165) is 23.7 Å². The molecular weight excluding hydrogens is 416 g/mol. The molecule has 1 heterocycles. The van der Waals surface area contributed by atoms with Crippen molar-refractivity contribution in [1.82, 2.24) is 5.32 Å². The van der Waals surface area contributed by atoms with Gasteiger partial charge >= 0.3 is 174 Å². The standard InChI is InChI=1S/C23H25AsFNO2/c1-15(2)21(26-12-6-11-24)23-19(13-16-7-4-3-5-8-16)22(27)18-10-9-17(25)14-20(18)28-23/h3-5,7-10,14-15,21,26H,6,11-13H2,1-2H3. The van der Waals surface area contributed by atoms with Gasteiger partial charge in [0.05, 0.1) is 0 Å². The minimum absolute atomic E-state index is 0.0836. The van der Waals surface area contributed by atoms with Gasteiger partial charge in [-0.1, -0.05) is 0 Å². The zero-order chi connectivity index (χ0) is 20.1. The maximum atomic E-state index is 13.8. The van der Waals surface area contributed by atoms with E-state index in [1.165, 1.54) is 18.2 Å². The first-order valence-corrected chi connectivity index (χ1v) is 11.0. The van der Waals surface area contributed by atoms with E-state index in [4.69, 9.17) is 4.42 Å². The van der Waals surface area contributed by atoms with E-state index in [2.05, 4.69) is 36.0 Å². The molecule has 28 heavy (non-hydrogen) atoms. The van der Waals surface area contributed by atoms with Crippen LogP contribution in [-0.4, -0.2) is 23.4 Å². The minimum atomic E-state index is -0.407. The molecule has 0 amide bonds. The van der Waals surface area contributed by atoms with Gasteiger partial charge in [-0.05, 0) is 0 Å². The van der Waals surface area contributed by atoms with Crippen molar-refractivity contribution >= 4 is 27.8 Å². The van der Waals surface area contributed by atoms with Gasteiger partial charge in [0.15, 0.2) is 0 Å². The summed E-state index contributed by atoms with van der Waals surface area (Å²) in [5.74, 6) is 0.429. The van der Waals surface area contributed by atoms with E-state index in [0.29, 0.717) is 28.7 Å². The summed E-state index contributed by atoms with van der Waals surface area (Å²) in [6, 6.07) is 13.9. The Morgan fingerprint density at radius 3 is 2.57 bits per heavy atom. The molecule has 3 nitrogen and oxygen atoms in total. The number of hydrogen-bond donors (Lipinski definition) is 1. The summed E-state index contributed by atoms with van der Waals surface area (Å²) in [5, 5.41) is 4.98. The Morgan fingerprint density at radius 2 is 1.89 bits per heavy atom. The van der Waals surface area contributed by atoms with Crippen LogP contribution in [-0.2, 0) is 6.42 Å². The van der Waals surface area contributed by atoms with Gasteiger partial charge in [-0.15, -0.1) is 0 Å². The summed E-state index contributed by atoms with van der Waals surface area (Å²) in [4.78, 5) is 13.3. The van der Waals surface area contributed by atoms with Crippen LogP contribution >= 0.6 is 0 Å². The fourth-order valence-corrected chi connectivity index (χ4v) is 3.74. The molecular formula is C23H25AsFNO2. The average molecular weight is 441 g/mol. The van der Waals surface area contributed by atoms with E-state index in [-0.39, 0.29) is 17.4 Å². The number of benzene rings is 2. The van der Waals surface area contributed by atoms with Gasteiger partial charge in [0.1, 0.15) is 0 Å². The van der Waals surface area contributed by atoms with E-state index >= 15 is 0 Å². The van der Waals surface area contributed by atoms with Gasteiger partial charge < -0.3 is 0 Å². The zero-order valence-electron chi connectivity index (χ0n) is 16.2. The number of fused-ring (bicyclic) bond motifs is 1. The first-order valence-electron chi connectivity index (χ1n) is 9.64. The van der Waals surface area contributed by atoms with Crippen LogP contribution in [0.2, 0.25) is 5.21 Å². The molecule has 146 valence electrons. The van der Waals surface area contributed by atoms with Crippen LogP contribution in [0.1, 0.15) is 43.2 Å². The molecule has 0 aliphatic rings. The van der Waals surface area contributed by atoms with E-state index in [9.17, 15) is 9.18 Å². The van der Waals surface area contributed by atoms with Crippen molar-refractivity contribution < 1.29 is 8.81 Å². The van der Waals surface area contributed by atoms with Gasteiger partial charge in [0.2, 0.25) is 0 Å². The molecule has 0 aliphatic heterocycles. The second-order valence-electron chi connectivity index (χ2n) is 7.33.